The minimum atomic E-state index is 0.602. The number of anilines is 1. The molecule has 25 heavy (non-hydrogen) atoms. The van der Waals surface area contributed by atoms with Gasteiger partial charge in [-0.15, -0.1) is 0 Å². The van der Waals surface area contributed by atoms with E-state index in [9.17, 15) is 0 Å². The van der Waals surface area contributed by atoms with Gasteiger partial charge in [-0.2, -0.15) is 0 Å². The Bertz CT molecular complexity index is 737. The van der Waals surface area contributed by atoms with E-state index >= 15 is 0 Å². The van der Waals surface area contributed by atoms with Gasteiger partial charge in [-0.1, -0.05) is 6.07 Å². The summed E-state index contributed by atoms with van der Waals surface area (Å²) in [6.45, 7) is 7.90. The topological polar surface area (TPSA) is 46.6 Å². The van der Waals surface area contributed by atoms with Gasteiger partial charge in [0, 0.05) is 31.7 Å². The molecule has 1 aromatic carbocycles. The van der Waals surface area contributed by atoms with Crippen molar-refractivity contribution in [1.29, 1.82) is 0 Å². The van der Waals surface area contributed by atoms with Crippen LogP contribution in [0.3, 0.4) is 0 Å². The van der Waals surface area contributed by atoms with Gasteiger partial charge < -0.3 is 19.7 Å². The molecule has 5 heteroatoms. The van der Waals surface area contributed by atoms with Crippen LogP contribution in [0.2, 0.25) is 0 Å². The SMILES string of the molecule is CCOc1cc(C)ccc1Oc1cncc(N2CC3CNC(C3)C2)c1. The van der Waals surface area contributed by atoms with Crippen LogP contribution in [-0.4, -0.2) is 37.3 Å². The summed E-state index contributed by atoms with van der Waals surface area (Å²) in [5.74, 6) is 2.98. The number of nitrogens with one attached hydrogen (secondary N) is 1. The number of ether oxygens (including phenoxy) is 2. The van der Waals surface area contributed by atoms with Gasteiger partial charge in [-0.25, -0.2) is 0 Å². The summed E-state index contributed by atoms with van der Waals surface area (Å²) in [4.78, 5) is 6.81. The van der Waals surface area contributed by atoms with Gasteiger partial charge in [0.15, 0.2) is 11.5 Å². The summed E-state index contributed by atoms with van der Waals surface area (Å²) in [5, 5.41) is 3.59. The van der Waals surface area contributed by atoms with Crippen molar-refractivity contribution in [3.8, 4) is 17.2 Å². The molecule has 2 aliphatic rings. The van der Waals surface area contributed by atoms with E-state index in [0.29, 0.717) is 12.6 Å². The molecule has 2 aromatic rings. The highest BCUT2D eigenvalue weighted by molar-refractivity contribution is 5.51. The molecule has 2 fully saturated rings. The predicted octanol–water partition coefficient (Wildman–Crippen LogP) is 3.38. The standard InChI is InChI=1S/C20H25N3O2/c1-3-24-20-6-14(2)4-5-19(20)25-18-8-17(10-21-11-18)23-12-15-7-16(13-23)22-9-15/h4-6,8,10-11,15-16,22H,3,7,9,12-13H2,1-2H3. The fourth-order valence-electron chi connectivity index (χ4n) is 3.77. The van der Waals surface area contributed by atoms with E-state index in [1.54, 1.807) is 6.20 Å². The molecule has 4 rings (SSSR count). The maximum Gasteiger partial charge on any atom is 0.169 e. The Morgan fingerprint density at radius 2 is 2.12 bits per heavy atom. The number of nitrogens with zero attached hydrogens (tertiary/aromatic N) is 2. The largest absolute Gasteiger partial charge is 0.490 e. The molecular formula is C20H25N3O2. The first kappa shape index (κ1) is 16.2. The third-order valence-electron chi connectivity index (χ3n) is 4.92. The average molecular weight is 339 g/mol. The molecule has 132 valence electrons. The Kier molecular flexibility index (Phi) is 4.49. The van der Waals surface area contributed by atoms with E-state index < -0.39 is 0 Å². The van der Waals surface area contributed by atoms with Crippen LogP contribution in [0, 0.1) is 12.8 Å². The van der Waals surface area contributed by atoms with Gasteiger partial charge in [0.05, 0.1) is 24.7 Å². The lowest BCUT2D eigenvalue weighted by atomic mass is 10.00. The number of rotatable bonds is 5. The van der Waals surface area contributed by atoms with Crippen molar-refractivity contribution < 1.29 is 9.47 Å². The van der Waals surface area contributed by atoms with Crippen molar-refractivity contribution in [2.75, 3.05) is 31.1 Å². The molecule has 5 nitrogen and oxygen atoms in total. The Morgan fingerprint density at radius 3 is 2.96 bits per heavy atom. The molecule has 0 saturated carbocycles. The lowest BCUT2D eigenvalue weighted by Crippen LogP contribution is -2.41. The van der Waals surface area contributed by atoms with Crippen molar-refractivity contribution >= 4 is 5.69 Å². The van der Waals surface area contributed by atoms with E-state index in [0.717, 1.165) is 54.1 Å². The minimum absolute atomic E-state index is 0.602. The number of fused-ring (bicyclic) bond motifs is 2. The fraction of sp³-hybridized carbons (Fsp3) is 0.450. The van der Waals surface area contributed by atoms with E-state index in [1.165, 1.54) is 6.42 Å². The lowest BCUT2D eigenvalue weighted by Gasteiger charge is -2.32. The average Bonchev–Trinajstić information content (AvgIpc) is 2.96. The quantitative estimate of drug-likeness (QED) is 0.905. The third-order valence-corrected chi connectivity index (χ3v) is 4.92. The number of piperidine rings is 1. The van der Waals surface area contributed by atoms with Gasteiger partial charge >= 0.3 is 0 Å². The maximum atomic E-state index is 6.09. The summed E-state index contributed by atoms with van der Waals surface area (Å²) in [5.41, 5.74) is 2.28. The molecular weight excluding hydrogens is 314 g/mol. The van der Waals surface area contributed by atoms with Crippen molar-refractivity contribution in [3.05, 3.63) is 42.2 Å². The summed E-state index contributed by atoms with van der Waals surface area (Å²) >= 11 is 0. The Hall–Kier alpha value is -2.27. The van der Waals surface area contributed by atoms with Crippen LogP contribution in [0.15, 0.2) is 36.7 Å². The number of aryl methyl sites for hydroxylation is 1. The monoisotopic (exact) mass is 339 g/mol. The summed E-state index contributed by atoms with van der Waals surface area (Å²) in [6, 6.07) is 8.67. The number of pyridine rings is 1. The van der Waals surface area contributed by atoms with Crippen LogP contribution in [0.4, 0.5) is 5.69 Å². The van der Waals surface area contributed by atoms with Gasteiger partial charge in [-0.05, 0) is 43.9 Å². The van der Waals surface area contributed by atoms with Gasteiger partial charge in [0.2, 0.25) is 0 Å². The van der Waals surface area contributed by atoms with Crippen LogP contribution in [-0.2, 0) is 0 Å². The third kappa shape index (κ3) is 3.56. The normalized spacial score (nSPS) is 22.1. The van der Waals surface area contributed by atoms with E-state index in [1.807, 2.05) is 38.2 Å². The van der Waals surface area contributed by atoms with Crippen LogP contribution in [0.1, 0.15) is 18.9 Å². The molecule has 0 spiro atoms. The predicted molar refractivity (Wildman–Crippen MR) is 98.8 cm³/mol. The van der Waals surface area contributed by atoms with Gasteiger partial charge in [0.25, 0.3) is 0 Å². The van der Waals surface area contributed by atoms with Gasteiger partial charge in [-0.3, -0.25) is 4.98 Å². The first-order valence-corrected chi connectivity index (χ1v) is 9.06. The fourth-order valence-corrected chi connectivity index (χ4v) is 3.77. The highest BCUT2D eigenvalue weighted by Gasteiger charge is 2.32. The van der Waals surface area contributed by atoms with Crippen molar-refractivity contribution in [3.63, 3.8) is 0 Å². The highest BCUT2D eigenvalue weighted by atomic mass is 16.5. The second-order valence-electron chi connectivity index (χ2n) is 6.98. The molecule has 1 N–H and O–H groups in total. The summed E-state index contributed by atoms with van der Waals surface area (Å²) in [7, 11) is 0. The van der Waals surface area contributed by atoms with Crippen LogP contribution < -0.4 is 19.7 Å². The Balaban J connectivity index is 1.54. The smallest absolute Gasteiger partial charge is 0.169 e. The van der Waals surface area contributed by atoms with E-state index in [2.05, 4.69) is 21.3 Å². The van der Waals surface area contributed by atoms with Gasteiger partial charge in [0.1, 0.15) is 5.75 Å². The molecule has 2 atom stereocenters. The van der Waals surface area contributed by atoms with Crippen LogP contribution in [0.5, 0.6) is 17.2 Å². The minimum Gasteiger partial charge on any atom is -0.490 e. The molecule has 2 aliphatic heterocycles. The van der Waals surface area contributed by atoms with Crippen molar-refractivity contribution in [2.24, 2.45) is 5.92 Å². The highest BCUT2D eigenvalue weighted by Crippen LogP contribution is 2.34. The summed E-state index contributed by atoms with van der Waals surface area (Å²) < 4.78 is 11.8. The molecule has 0 radical (unpaired) electrons. The van der Waals surface area contributed by atoms with Crippen LogP contribution >= 0.6 is 0 Å². The number of hydrogen-bond acceptors (Lipinski definition) is 5. The molecule has 0 aliphatic carbocycles. The first-order valence-electron chi connectivity index (χ1n) is 9.06. The molecule has 0 amide bonds. The number of aromatic nitrogens is 1. The van der Waals surface area contributed by atoms with E-state index in [-0.39, 0.29) is 0 Å². The molecule has 1 aromatic heterocycles. The Morgan fingerprint density at radius 1 is 1.20 bits per heavy atom. The zero-order valence-corrected chi connectivity index (χ0v) is 14.9. The molecule has 2 bridgehead atoms. The molecule has 2 unspecified atom stereocenters. The zero-order chi connectivity index (χ0) is 17.2. The first-order chi connectivity index (χ1) is 12.2. The Labute approximate surface area is 149 Å². The number of benzene rings is 1. The number of hydrogen-bond donors (Lipinski definition) is 1. The summed E-state index contributed by atoms with van der Waals surface area (Å²) in [6.07, 6.45) is 4.98. The van der Waals surface area contributed by atoms with Crippen LogP contribution in [0.25, 0.3) is 0 Å². The molecule has 2 saturated heterocycles. The second-order valence-corrected chi connectivity index (χ2v) is 6.98. The lowest BCUT2D eigenvalue weighted by molar-refractivity contribution is 0.321. The van der Waals surface area contributed by atoms with Crippen molar-refractivity contribution in [2.45, 2.75) is 26.3 Å². The van der Waals surface area contributed by atoms with E-state index in [4.69, 9.17) is 9.47 Å². The zero-order valence-electron chi connectivity index (χ0n) is 14.9. The molecule has 3 heterocycles. The second kappa shape index (κ2) is 6.92. The van der Waals surface area contributed by atoms with Crippen molar-refractivity contribution in [1.82, 2.24) is 10.3 Å². The maximum absolute atomic E-state index is 6.09.